The molecule has 0 spiro atoms. The van der Waals surface area contributed by atoms with Crippen LogP contribution in [0.4, 0.5) is 0 Å². The van der Waals surface area contributed by atoms with Crippen LogP contribution in [0.2, 0.25) is 19.6 Å². The minimum absolute atomic E-state index is 0.107. The molecule has 1 saturated heterocycles. The lowest BCUT2D eigenvalue weighted by Crippen LogP contribution is -2.48. The van der Waals surface area contributed by atoms with Crippen molar-refractivity contribution in [3.8, 4) is 23.0 Å². The Hall–Kier alpha value is -1.52. The van der Waals surface area contributed by atoms with E-state index in [0.717, 1.165) is 11.5 Å². The Bertz CT molecular complexity index is 629. The molecule has 1 aliphatic rings. The van der Waals surface area contributed by atoms with Crippen molar-refractivity contribution in [1.29, 1.82) is 0 Å². The van der Waals surface area contributed by atoms with Crippen LogP contribution >= 0.6 is 0 Å². The van der Waals surface area contributed by atoms with Crippen molar-refractivity contribution in [3.05, 3.63) is 24.3 Å². The molecule has 5 nitrogen and oxygen atoms in total. The van der Waals surface area contributed by atoms with Gasteiger partial charge in [-0.3, -0.25) is 0 Å². The summed E-state index contributed by atoms with van der Waals surface area (Å²) in [6.07, 6.45) is 0.0299. The minimum atomic E-state index is -1.48. The zero-order chi connectivity index (χ0) is 19.9. The maximum absolute atomic E-state index is 10.8. The first-order valence-electron chi connectivity index (χ1n) is 9.42. The van der Waals surface area contributed by atoms with Gasteiger partial charge in [0.1, 0.15) is 19.6 Å². The van der Waals surface area contributed by atoms with Gasteiger partial charge < -0.3 is 24.1 Å². The smallest absolute Gasteiger partial charge is 0.129 e. The number of ether oxygens (including phenoxy) is 4. The molecule has 0 unspecified atom stereocenters. The summed E-state index contributed by atoms with van der Waals surface area (Å²) in [7, 11) is 1.80. The van der Waals surface area contributed by atoms with E-state index < -0.39 is 14.2 Å². The zero-order valence-electron chi connectivity index (χ0n) is 17.0. The lowest BCUT2D eigenvalue weighted by Gasteiger charge is -2.38. The quantitative estimate of drug-likeness (QED) is 0.571. The Morgan fingerprint density at radius 1 is 1.15 bits per heavy atom. The summed E-state index contributed by atoms with van der Waals surface area (Å²) in [4.78, 5) is 0. The van der Waals surface area contributed by atoms with Crippen molar-refractivity contribution in [3.63, 3.8) is 0 Å². The van der Waals surface area contributed by atoms with E-state index in [-0.39, 0.29) is 17.9 Å². The molecule has 1 N–H and O–H groups in total. The molecule has 1 heterocycles. The fourth-order valence-corrected chi connectivity index (χ4v) is 3.68. The average Bonchev–Trinajstić information content (AvgIpc) is 2.63. The van der Waals surface area contributed by atoms with Crippen LogP contribution < -0.4 is 9.47 Å². The fourth-order valence-electron chi connectivity index (χ4n) is 3.06. The summed E-state index contributed by atoms with van der Waals surface area (Å²) in [5, 5.41) is 10.8. The number of aliphatic hydroxyl groups is 1. The fraction of sp³-hybridized carbons (Fsp3) is 0.619. The molecule has 2 rings (SSSR count). The standard InChI is InChI=1S/C21H32O5Si/c1-23-15-19-20(10-12-25-18-8-6-17(24-2)7-9-18)26-14-16(21(19)22)11-13-27(3,4)5/h6-9,16,19-22H,10,12,14-15H2,1-5H3/t16-,19-,20-,21+/m0/s1. The van der Waals surface area contributed by atoms with Gasteiger partial charge >= 0.3 is 0 Å². The van der Waals surface area contributed by atoms with Crippen molar-refractivity contribution in [2.75, 3.05) is 34.0 Å². The van der Waals surface area contributed by atoms with Gasteiger partial charge in [-0.25, -0.2) is 0 Å². The third kappa shape index (κ3) is 6.85. The van der Waals surface area contributed by atoms with E-state index in [0.29, 0.717) is 26.2 Å². The van der Waals surface area contributed by atoms with E-state index in [1.165, 1.54) is 0 Å². The normalized spacial score (nSPS) is 25.4. The molecule has 4 atom stereocenters. The average molecular weight is 393 g/mol. The summed E-state index contributed by atoms with van der Waals surface area (Å²) in [5.41, 5.74) is 3.35. The van der Waals surface area contributed by atoms with Crippen LogP contribution in [0.25, 0.3) is 0 Å². The highest BCUT2D eigenvalue weighted by atomic mass is 28.3. The van der Waals surface area contributed by atoms with Crippen LogP contribution in [-0.2, 0) is 9.47 Å². The second-order valence-corrected chi connectivity index (χ2v) is 12.7. The minimum Gasteiger partial charge on any atom is -0.497 e. The highest BCUT2D eigenvalue weighted by Gasteiger charge is 2.38. The Kier molecular flexibility index (Phi) is 8.18. The van der Waals surface area contributed by atoms with Gasteiger partial charge in [0.05, 0.1) is 45.1 Å². The van der Waals surface area contributed by atoms with E-state index in [1.54, 1.807) is 14.2 Å². The van der Waals surface area contributed by atoms with E-state index in [1.807, 2.05) is 24.3 Å². The predicted octanol–water partition coefficient (Wildman–Crippen LogP) is 2.98. The van der Waals surface area contributed by atoms with Gasteiger partial charge in [0.2, 0.25) is 0 Å². The molecule has 1 aliphatic heterocycles. The van der Waals surface area contributed by atoms with Crippen LogP contribution in [0.3, 0.4) is 0 Å². The lowest BCUT2D eigenvalue weighted by molar-refractivity contribution is -0.134. The molecule has 0 aromatic heterocycles. The second-order valence-electron chi connectivity index (χ2n) is 7.92. The third-order valence-electron chi connectivity index (χ3n) is 4.54. The van der Waals surface area contributed by atoms with Crippen molar-refractivity contribution >= 4 is 8.07 Å². The number of rotatable bonds is 7. The highest BCUT2D eigenvalue weighted by molar-refractivity contribution is 6.83. The number of hydrogen-bond donors (Lipinski definition) is 1. The largest absolute Gasteiger partial charge is 0.497 e. The number of benzene rings is 1. The van der Waals surface area contributed by atoms with Crippen LogP contribution in [0.1, 0.15) is 6.42 Å². The number of aliphatic hydroxyl groups excluding tert-OH is 1. The molecule has 150 valence electrons. The van der Waals surface area contributed by atoms with Gasteiger partial charge in [-0.15, -0.1) is 11.5 Å². The van der Waals surface area contributed by atoms with Crippen molar-refractivity contribution in [2.45, 2.75) is 38.3 Å². The molecule has 1 fully saturated rings. The SMILES string of the molecule is COC[C@@H]1[C@H](O)[C@@H](C#C[Si](C)(C)C)CO[C@H]1CCOc1ccc(OC)cc1. The van der Waals surface area contributed by atoms with Crippen LogP contribution in [0.5, 0.6) is 11.5 Å². The molecule has 27 heavy (non-hydrogen) atoms. The maximum atomic E-state index is 10.8. The topological polar surface area (TPSA) is 57.2 Å². The number of hydrogen-bond acceptors (Lipinski definition) is 5. The zero-order valence-corrected chi connectivity index (χ0v) is 18.0. The molecule has 0 saturated carbocycles. The maximum Gasteiger partial charge on any atom is 0.129 e. The van der Waals surface area contributed by atoms with Gasteiger partial charge in [-0.05, 0) is 24.3 Å². The third-order valence-corrected chi connectivity index (χ3v) is 5.43. The van der Waals surface area contributed by atoms with Crippen LogP contribution in [0, 0.1) is 23.3 Å². The van der Waals surface area contributed by atoms with E-state index in [4.69, 9.17) is 18.9 Å². The summed E-state index contributed by atoms with van der Waals surface area (Å²) >= 11 is 0. The van der Waals surface area contributed by atoms with Crippen LogP contribution in [-0.4, -0.2) is 59.4 Å². The first-order valence-corrected chi connectivity index (χ1v) is 12.9. The van der Waals surface area contributed by atoms with Gasteiger partial charge in [0, 0.05) is 19.4 Å². The molecule has 0 bridgehead atoms. The summed E-state index contributed by atoms with van der Waals surface area (Å²) in [6, 6.07) is 7.49. The Labute approximate surface area is 164 Å². The van der Waals surface area contributed by atoms with Crippen molar-refractivity contribution in [1.82, 2.24) is 0 Å². The Morgan fingerprint density at radius 2 is 1.81 bits per heavy atom. The van der Waals surface area contributed by atoms with Gasteiger partial charge in [-0.2, -0.15) is 0 Å². The molecule has 0 radical (unpaired) electrons. The summed E-state index contributed by atoms with van der Waals surface area (Å²) in [5.74, 6) is 4.57. The molecule has 0 aliphatic carbocycles. The van der Waals surface area contributed by atoms with E-state index >= 15 is 0 Å². The van der Waals surface area contributed by atoms with Crippen LogP contribution in [0.15, 0.2) is 24.3 Å². The van der Waals surface area contributed by atoms with Gasteiger partial charge in [-0.1, -0.05) is 19.6 Å². The van der Waals surface area contributed by atoms with Gasteiger partial charge in [0.15, 0.2) is 0 Å². The molecular formula is C21H32O5Si. The van der Waals surface area contributed by atoms with Gasteiger partial charge in [0.25, 0.3) is 0 Å². The monoisotopic (exact) mass is 392 g/mol. The highest BCUT2D eigenvalue weighted by Crippen LogP contribution is 2.28. The Morgan fingerprint density at radius 3 is 2.41 bits per heavy atom. The second kappa shape index (κ2) is 10.1. The lowest BCUT2D eigenvalue weighted by atomic mass is 9.84. The Balaban J connectivity index is 1.92. The first kappa shape index (κ1) is 21.8. The molecule has 1 aromatic rings. The molecule has 0 amide bonds. The summed E-state index contributed by atoms with van der Waals surface area (Å²) < 4.78 is 22.3. The molecule has 1 aromatic carbocycles. The van der Waals surface area contributed by atoms with E-state index in [9.17, 15) is 5.11 Å². The first-order chi connectivity index (χ1) is 12.8. The van der Waals surface area contributed by atoms with Crippen molar-refractivity contribution < 1.29 is 24.1 Å². The van der Waals surface area contributed by atoms with Crippen molar-refractivity contribution in [2.24, 2.45) is 11.8 Å². The predicted molar refractivity (Wildman–Crippen MR) is 109 cm³/mol. The molecular weight excluding hydrogens is 360 g/mol. The number of methoxy groups -OCH3 is 2. The molecule has 6 heteroatoms. The van der Waals surface area contributed by atoms with E-state index in [2.05, 4.69) is 31.1 Å². The summed E-state index contributed by atoms with van der Waals surface area (Å²) in [6.45, 7) is 7.99.